The third kappa shape index (κ3) is 4.70. The van der Waals surface area contributed by atoms with Crippen molar-refractivity contribution in [3.63, 3.8) is 0 Å². The molecule has 3 heterocycles. The maximum atomic E-state index is 12.3. The third-order valence-corrected chi connectivity index (χ3v) is 5.16. The quantitative estimate of drug-likeness (QED) is 0.694. The lowest BCUT2D eigenvalue weighted by Crippen LogP contribution is -2.53. The normalized spacial score (nSPS) is 30.1. The number of β-amino-alcohol motifs (C(OH)–C–C–N with tert-alkyl or cyclic N) is 1. The highest BCUT2D eigenvalue weighted by Crippen LogP contribution is 2.32. The number of rotatable bonds is 4. The molecule has 1 aromatic carbocycles. The number of aliphatic hydroxyl groups is 1. The van der Waals surface area contributed by atoms with Crippen molar-refractivity contribution < 1.29 is 28.8 Å². The highest BCUT2D eigenvalue weighted by atomic mass is 16.7. The number of carbonyl (C=O) groups excluding carboxylic acids is 1. The lowest BCUT2D eigenvalue weighted by atomic mass is 9.96. The molecule has 3 N–H and O–H groups in total. The van der Waals surface area contributed by atoms with E-state index in [0.29, 0.717) is 38.5 Å². The molecule has 0 saturated carbocycles. The van der Waals surface area contributed by atoms with Crippen LogP contribution in [0, 0.1) is 0 Å². The molecule has 148 valence electrons. The maximum Gasteiger partial charge on any atom is 0.231 e. The highest BCUT2D eigenvalue weighted by Gasteiger charge is 2.33. The number of aliphatic hydroxyl groups excluding tert-OH is 1. The van der Waals surface area contributed by atoms with Crippen LogP contribution in [0.4, 0.5) is 0 Å². The van der Waals surface area contributed by atoms with E-state index in [2.05, 4.69) is 10.6 Å². The van der Waals surface area contributed by atoms with Gasteiger partial charge < -0.3 is 34.7 Å². The first-order chi connectivity index (χ1) is 13.2. The molecule has 2 fully saturated rings. The summed E-state index contributed by atoms with van der Waals surface area (Å²) in [6, 6.07) is 5.82. The van der Waals surface area contributed by atoms with E-state index in [1.165, 1.54) is 0 Å². The first-order valence-electron chi connectivity index (χ1n) is 9.47. The number of amides is 1. The van der Waals surface area contributed by atoms with Crippen LogP contribution in [0.5, 0.6) is 11.5 Å². The fourth-order valence-electron chi connectivity index (χ4n) is 3.70. The Bertz CT molecular complexity index is 670. The summed E-state index contributed by atoms with van der Waals surface area (Å²) in [7, 11) is 0. The topological polar surface area (TPSA) is 98.3 Å². The Balaban J connectivity index is 1.24. The summed E-state index contributed by atoms with van der Waals surface area (Å²) in [5, 5.41) is 16.0. The smallest absolute Gasteiger partial charge is 0.231 e. The molecule has 27 heavy (non-hydrogen) atoms. The second-order valence-electron chi connectivity index (χ2n) is 7.25. The Kier molecular flexibility index (Phi) is 5.77. The predicted octanol–water partition coefficient (Wildman–Crippen LogP) is 0.319. The van der Waals surface area contributed by atoms with Crippen molar-refractivity contribution in [1.82, 2.24) is 10.6 Å². The minimum atomic E-state index is -0.481. The van der Waals surface area contributed by atoms with Gasteiger partial charge in [-0.1, -0.05) is 6.07 Å². The zero-order chi connectivity index (χ0) is 18.6. The molecule has 0 spiro atoms. The van der Waals surface area contributed by atoms with Crippen LogP contribution in [0.1, 0.15) is 24.8 Å². The van der Waals surface area contributed by atoms with Crippen LogP contribution in [-0.2, 0) is 20.8 Å². The second kappa shape index (κ2) is 8.43. The zero-order valence-electron chi connectivity index (χ0n) is 15.2. The summed E-state index contributed by atoms with van der Waals surface area (Å²) in [6.45, 7) is 1.93. The van der Waals surface area contributed by atoms with Crippen LogP contribution >= 0.6 is 0 Å². The monoisotopic (exact) mass is 378 g/mol. The van der Waals surface area contributed by atoms with Gasteiger partial charge in [0.15, 0.2) is 11.5 Å². The van der Waals surface area contributed by atoms with Gasteiger partial charge in [0.1, 0.15) is 0 Å². The Morgan fingerprint density at radius 2 is 2.11 bits per heavy atom. The van der Waals surface area contributed by atoms with Gasteiger partial charge in [-0.25, -0.2) is 0 Å². The van der Waals surface area contributed by atoms with Gasteiger partial charge in [-0.05, 0) is 30.5 Å². The molecular weight excluding hydrogens is 352 g/mol. The average Bonchev–Trinajstić information content (AvgIpc) is 3.12. The highest BCUT2D eigenvalue weighted by molar-refractivity contribution is 5.76. The van der Waals surface area contributed by atoms with Crippen molar-refractivity contribution in [2.45, 2.75) is 50.2 Å². The number of benzene rings is 1. The van der Waals surface area contributed by atoms with Gasteiger partial charge in [0.05, 0.1) is 37.9 Å². The van der Waals surface area contributed by atoms with E-state index in [4.69, 9.17) is 18.9 Å². The van der Waals surface area contributed by atoms with Crippen molar-refractivity contribution in [3.8, 4) is 11.5 Å². The average molecular weight is 378 g/mol. The van der Waals surface area contributed by atoms with Gasteiger partial charge in [-0.2, -0.15) is 0 Å². The van der Waals surface area contributed by atoms with Crippen LogP contribution in [0.3, 0.4) is 0 Å². The Morgan fingerprint density at radius 3 is 3.04 bits per heavy atom. The van der Waals surface area contributed by atoms with E-state index >= 15 is 0 Å². The molecule has 2 saturated heterocycles. The molecular formula is C19H26N2O6. The number of nitrogens with one attached hydrogen (secondary N) is 2. The van der Waals surface area contributed by atoms with E-state index < -0.39 is 6.10 Å². The first-order valence-corrected chi connectivity index (χ1v) is 9.47. The zero-order valence-corrected chi connectivity index (χ0v) is 15.2. The summed E-state index contributed by atoms with van der Waals surface area (Å²) in [5.74, 6) is 1.41. The van der Waals surface area contributed by atoms with E-state index in [9.17, 15) is 9.90 Å². The van der Waals surface area contributed by atoms with Crippen LogP contribution < -0.4 is 20.1 Å². The van der Waals surface area contributed by atoms with Crippen molar-refractivity contribution >= 4 is 5.91 Å². The molecule has 0 aliphatic carbocycles. The molecule has 3 aliphatic heterocycles. The Hall–Kier alpha value is -1.87. The van der Waals surface area contributed by atoms with E-state index in [-0.39, 0.29) is 30.9 Å². The first kappa shape index (κ1) is 18.5. The van der Waals surface area contributed by atoms with E-state index in [1.807, 2.05) is 18.2 Å². The van der Waals surface area contributed by atoms with Crippen LogP contribution in [0.2, 0.25) is 0 Å². The molecule has 0 unspecified atom stereocenters. The summed E-state index contributed by atoms with van der Waals surface area (Å²) >= 11 is 0. The van der Waals surface area contributed by atoms with Crippen LogP contribution in [0.15, 0.2) is 18.2 Å². The predicted molar refractivity (Wildman–Crippen MR) is 95.5 cm³/mol. The van der Waals surface area contributed by atoms with Crippen molar-refractivity contribution in [2.24, 2.45) is 0 Å². The van der Waals surface area contributed by atoms with Crippen molar-refractivity contribution in [1.29, 1.82) is 0 Å². The van der Waals surface area contributed by atoms with Gasteiger partial charge in [-0.15, -0.1) is 0 Å². The largest absolute Gasteiger partial charge is 0.454 e. The summed E-state index contributed by atoms with van der Waals surface area (Å²) < 4.78 is 22.2. The lowest BCUT2D eigenvalue weighted by Gasteiger charge is -2.38. The van der Waals surface area contributed by atoms with Crippen molar-refractivity contribution in [3.05, 3.63) is 23.8 Å². The SMILES string of the molecule is O=C(C[C@H]1CC[C@@H]2NC[C@H](O)COC[C@H]2O1)NCc1ccc2c(c1)OCO2. The second-order valence-corrected chi connectivity index (χ2v) is 7.25. The molecule has 1 aromatic rings. The Labute approximate surface area is 158 Å². The molecule has 0 bridgehead atoms. The Morgan fingerprint density at radius 1 is 1.22 bits per heavy atom. The molecule has 0 aromatic heterocycles. The maximum absolute atomic E-state index is 12.3. The summed E-state index contributed by atoms with van der Waals surface area (Å²) in [4.78, 5) is 12.3. The summed E-state index contributed by atoms with van der Waals surface area (Å²) in [6.07, 6.45) is 1.36. The number of hydrogen-bond donors (Lipinski definition) is 3. The lowest BCUT2D eigenvalue weighted by molar-refractivity contribution is -0.137. The van der Waals surface area contributed by atoms with Gasteiger partial charge in [0.2, 0.25) is 12.7 Å². The van der Waals surface area contributed by atoms with Crippen LogP contribution in [-0.4, -0.2) is 61.9 Å². The minimum Gasteiger partial charge on any atom is -0.454 e. The number of fused-ring (bicyclic) bond motifs is 2. The molecule has 0 radical (unpaired) electrons. The fraction of sp³-hybridized carbons (Fsp3) is 0.632. The molecule has 4 rings (SSSR count). The molecule has 1 amide bonds. The molecule has 8 heteroatoms. The fourth-order valence-corrected chi connectivity index (χ4v) is 3.70. The van der Waals surface area contributed by atoms with Gasteiger partial charge >= 0.3 is 0 Å². The standard InChI is InChI=1S/C19H26N2O6/c22-13-8-20-15-3-2-14(27-18(15)10-24-9-13)6-19(23)21-7-12-1-4-16-17(5-12)26-11-25-16/h1,4-5,13-15,18,20,22H,2-3,6-11H2,(H,21,23)/t13-,14+,15-,18+/m0/s1. The van der Waals surface area contributed by atoms with Crippen LogP contribution in [0.25, 0.3) is 0 Å². The number of carbonyl (C=O) groups is 1. The van der Waals surface area contributed by atoms with Gasteiger partial charge in [0.25, 0.3) is 0 Å². The van der Waals surface area contributed by atoms with Crippen molar-refractivity contribution in [2.75, 3.05) is 26.6 Å². The van der Waals surface area contributed by atoms with E-state index in [1.54, 1.807) is 0 Å². The van der Waals surface area contributed by atoms with Gasteiger partial charge in [-0.3, -0.25) is 4.79 Å². The van der Waals surface area contributed by atoms with E-state index in [0.717, 1.165) is 24.2 Å². The molecule has 4 atom stereocenters. The number of ether oxygens (including phenoxy) is 4. The number of hydrogen-bond acceptors (Lipinski definition) is 7. The third-order valence-electron chi connectivity index (χ3n) is 5.16. The summed E-state index contributed by atoms with van der Waals surface area (Å²) in [5.41, 5.74) is 0.966. The van der Waals surface area contributed by atoms with Gasteiger partial charge in [0, 0.05) is 19.1 Å². The molecule has 8 nitrogen and oxygen atoms in total. The molecule has 3 aliphatic rings. The minimum absolute atomic E-state index is 0.0359.